The number of hydrogen-bond donors (Lipinski definition) is 1. The molecule has 0 spiro atoms. The molecule has 0 aliphatic rings. The molecule has 0 fully saturated rings. The van der Waals surface area contributed by atoms with E-state index in [-0.39, 0.29) is 12.4 Å². The summed E-state index contributed by atoms with van der Waals surface area (Å²) in [5.41, 5.74) is 0. The number of rotatable bonds is 2. The van der Waals surface area contributed by atoms with Gasteiger partial charge in [-0.3, -0.25) is 0 Å². The number of quaternary nitrogens is 1. The monoisotopic (exact) mass is 423 g/mol. The van der Waals surface area contributed by atoms with Crippen molar-refractivity contribution in [3.05, 3.63) is 12.7 Å². The van der Waals surface area contributed by atoms with Crippen molar-refractivity contribution in [1.29, 1.82) is 0 Å². The van der Waals surface area contributed by atoms with E-state index in [0.29, 0.717) is 0 Å². The topological polar surface area (TPSA) is 4.44 Å². The van der Waals surface area contributed by atoms with Crippen LogP contribution in [0.4, 0.5) is 0 Å². The molecule has 11 heavy (non-hydrogen) atoms. The number of nitrogens with one attached hydrogen (secondary N) is 1. The molecule has 0 radical (unpaired) electrons. The third-order valence-corrected chi connectivity index (χ3v) is 0.553. The van der Waals surface area contributed by atoms with Crippen LogP contribution in [0.2, 0.25) is 0 Å². The molecule has 0 aromatic carbocycles. The average molecular weight is 425 g/mol. The van der Waals surface area contributed by atoms with Gasteiger partial charge < -0.3 is 17.3 Å². The summed E-state index contributed by atoms with van der Waals surface area (Å²) < 4.78 is 0. The van der Waals surface area contributed by atoms with Crippen LogP contribution < -0.4 is 17.3 Å². The van der Waals surface area contributed by atoms with Crippen LogP contribution in [-0.4, -0.2) is 20.6 Å². The normalized spacial score (nSPS) is 9.09. The molecule has 76 valence electrons. The summed E-state index contributed by atoms with van der Waals surface area (Å²) in [5.74, 6) is 0. The molecule has 1 N–H and O–H groups in total. The zero-order chi connectivity index (χ0) is 8.57. The predicted octanol–water partition coefficient (Wildman–Crippen LogP) is -1.61. The van der Waals surface area contributed by atoms with Crippen molar-refractivity contribution in [1.82, 2.24) is 0 Å². The van der Waals surface area contributed by atoms with E-state index in [2.05, 4.69) is 20.7 Å². The molecule has 6 heteroatoms. The molecule has 0 unspecified atom stereocenters. The molecule has 0 rings (SSSR count). The van der Waals surface area contributed by atoms with E-state index in [9.17, 15) is 0 Å². The van der Waals surface area contributed by atoms with Gasteiger partial charge in [0.05, 0.1) is 20.6 Å². The van der Waals surface area contributed by atoms with E-state index in [4.69, 9.17) is 27.6 Å². The fourth-order valence-corrected chi connectivity index (χ4v) is 0.289. The molecular weight excluding hydrogens is 413 g/mol. The molecule has 0 heterocycles. The molecule has 0 saturated carbocycles. The first-order chi connectivity index (χ1) is 4.50. The van der Waals surface area contributed by atoms with Crippen LogP contribution in [-0.2, 0) is 15.2 Å². The van der Waals surface area contributed by atoms with Gasteiger partial charge in [0.15, 0.2) is 0 Å². The Hall–Kier alpha value is 1.60. The van der Waals surface area contributed by atoms with E-state index in [1.807, 2.05) is 6.08 Å². The van der Waals surface area contributed by atoms with Crippen LogP contribution in [0.5, 0.6) is 0 Å². The molecule has 0 bridgehead atoms. The van der Waals surface area contributed by atoms with E-state index in [1.54, 1.807) is 0 Å². The van der Waals surface area contributed by atoms with Gasteiger partial charge in [-0.05, 0) is 6.08 Å². The van der Waals surface area contributed by atoms with Gasteiger partial charge in [0.25, 0.3) is 0 Å². The van der Waals surface area contributed by atoms with Crippen LogP contribution in [0, 0.1) is 0 Å². The Morgan fingerprint density at radius 1 is 1.36 bits per heavy atom. The van der Waals surface area contributed by atoms with Crippen LogP contribution in [0.15, 0.2) is 12.7 Å². The summed E-state index contributed by atoms with van der Waals surface area (Å²) >= 11 is -1.79. The van der Waals surface area contributed by atoms with Gasteiger partial charge in [0.1, 0.15) is 0 Å². The van der Waals surface area contributed by atoms with Crippen molar-refractivity contribution in [2.75, 3.05) is 20.6 Å². The molecule has 0 aliphatic carbocycles. The van der Waals surface area contributed by atoms with Crippen molar-refractivity contribution < 1.29 is 32.5 Å². The summed E-state index contributed by atoms with van der Waals surface area (Å²) in [6.07, 6.45) is 1.91. The molecule has 0 aliphatic heterocycles. The van der Waals surface area contributed by atoms with Gasteiger partial charge in [-0.1, -0.05) is 6.58 Å². The molecule has 0 aromatic heterocycles. The van der Waals surface area contributed by atoms with Crippen molar-refractivity contribution in [3.63, 3.8) is 0 Å². The Labute approximate surface area is 92.7 Å². The number of likely N-dealkylation sites (N-methyl/N-ethyl adjacent to an activating group) is 1. The summed E-state index contributed by atoms with van der Waals surface area (Å²) in [6, 6.07) is 0. The number of halogens is 4. The van der Waals surface area contributed by atoms with Gasteiger partial charge in [-0.15, -0.1) is 0 Å². The minimum atomic E-state index is -1.79. The third-order valence-electron chi connectivity index (χ3n) is 0.553. The molecule has 0 saturated heterocycles. The van der Waals surface area contributed by atoms with E-state index < -0.39 is 15.2 Å². The van der Waals surface area contributed by atoms with Crippen LogP contribution in [0.1, 0.15) is 0 Å². The number of hydrogen-bond acceptors (Lipinski definition) is 0. The molecule has 0 aromatic rings. The van der Waals surface area contributed by atoms with Crippen LogP contribution in [0.25, 0.3) is 0 Å². The maximum atomic E-state index is 4.95. The first-order valence-electron chi connectivity index (χ1n) is 2.51. The second-order valence-electron chi connectivity index (χ2n) is 1.83. The quantitative estimate of drug-likeness (QED) is 0.402. The Bertz CT molecular complexity index is 76.1. The molecule has 0 amide bonds. The first kappa shape index (κ1) is 18.4. The molecule has 0 atom stereocenters. The van der Waals surface area contributed by atoms with Crippen molar-refractivity contribution >= 4 is 27.6 Å². The molecule has 1 nitrogen and oxygen atoms in total. The van der Waals surface area contributed by atoms with Crippen molar-refractivity contribution in [2.45, 2.75) is 0 Å². The summed E-state index contributed by atoms with van der Waals surface area (Å²) in [5, 5.41) is 0. The second-order valence-corrected chi connectivity index (χ2v) is 11.2. The fraction of sp³-hybridized carbons (Fsp3) is 0.600. The van der Waals surface area contributed by atoms with Gasteiger partial charge in [0.2, 0.25) is 0 Å². The van der Waals surface area contributed by atoms with E-state index >= 15 is 0 Å². The summed E-state index contributed by atoms with van der Waals surface area (Å²) in [7, 11) is 19.1. The SMILES string of the molecule is C=CC[NH+](C)C.[Cl-].[Cl][Au]([Cl])[Cl]. The summed E-state index contributed by atoms with van der Waals surface area (Å²) in [4.78, 5) is 1.42. The van der Waals surface area contributed by atoms with Gasteiger partial charge >= 0.3 is 42.8 Å². The Morgan fingerprint density at radius 3 is 1.64 bits per heavy atom. The second kappa shape index (κ2) is 14.1. The van der Waals surface area contributed by atoms with Crippen molar-refractivity contribution in [2.24, 2.45) is 0 Å². The first-order valence-corrected chi connectivity index (χ1v) is 10.6. The standard InChI is InChI=1S/C5H11N.Au.4ClH/c1-4-5-6(2)3;;;;;/h4H,1,5H2,2-3H3;;4*1H/q;+3;;;;/p-3. The van der Waals surface area contributed by atoms with Crippen molar-refractivity contribution in [3.8, 4) is 0 Å². The summed E-state index contributed by atoms with van der Waals surface area (Å²) in [6.45, 7) is 4.64. The molecular formula is C5H12AuCl4N. The fourth-order valence-electron chi connectivity index (χ4n) is 0.289. The zero-order valence-electron chi connectivity index (χ0n) is 6.30. The maximum absolute atomic E-state index is 4.95. The van der Waals surface area contributed by atoms with Gasteiger partial charge in [0, 0.05) is 0 Å². The predicted molar refractivity (Wildman–Crippen MR) is 45.4 cm³/mol. The Kier molecular flexibility index (Phi) is 23.7. The Balaban J connectivity index is -0.000000114. The minimum absolute atomic E-state index is 0. The van der Waals surface area contributed by atoms with Crippen LogP contribution >= 0.6 is 27.6 Å². The third kappa shape index (κ3) is 50.5. The van der Waals surface area contributed by atoms with E-state index in [0.717, 1.165) is 6.54 Å². The van der Waals surface area contributed by atoms with Crippen LogP contribution in [0.3, 0.4) is 0 Å². The zero-order valence-corrected chi connectivity index (χ0v) is 11.5. The van der Waals surface area contributed by atoms with E-state index in [1.165, 1.54) is 4.90 Å². The Morgan fingerprint density at radius 2 is 1.64 bits per heavy atom. The average Bonchev–Trinajstić information content (AvgIpc) is 1.62. The van der Waals surface area contributed by atoms with Gasteiger partial charge in [-0.25, -0.2) is 0 Å². The van der Waals surface area contributed by atoms with Gasteiger partial charge in [-0.2, -0.15) is 0 Å².